The molecule has 0 radical (unpaired) electrons. The van der Waals surface area contributed by atoms with Gasteiger partial charge < -0.3 is 15.4 Å². The second-order valence-electron chi connectivity index (χ2n) is 6.55. The monoisotopic (exact) mass is 382 g/mol. The van der Waals surface area contributed by atoms with Crippen molar-refractivity contribution >= 4 is 24.0 Å². The number of benzene rings is 1. The van der Waals surface area contributed by atoms with Gasteiger partial charge in [0, 0.05) is 19.0 Å². The van der Waals surface area contributed by atoms with Crippen molar-refractivity contribution in [2.24, 2.45) is 5.41 Å². The number of hydrogen-bond acceptors (Lipinski definition) is 4. The quantitative estimate of drug-likeness (QED) is 0.834. The second kappa shape index (κ2) is 8.62. The highest BCUT2D eigenvalue weighted by molar-refractivity contribution is 5.95. The highest BCUT2D eigenvalue weighted by Crippen LogP contribution is 2.31. The molecule has 2 N–H and O–H groups in total. The number of anilines is 1. The van der Waals surface area contributed by atoms with Gasteiger partial charge in [0.05, 0.1) is 18.2 Å². The molecular weight excluding hydrogens is 359 g/mol. The van der Waals surface area contributed by atoms with Gasteiger partial charge in [0.2, 0.25) is 5.91 Å². The van der Waals surface area contributed by atoms with Crippen LogP contribution >= 0.6 is 12.4 Å². The van der Waals surface area contributed by atoms with Gasteiger partial charge in [0.1, 0.15) is 5.69 Å². The van der Waals surface area contributed by atoms with Gasteiger partial charge in [-0.15, -0.1) is 12.4 Å². The van der Waals surface area contributed by atoms with Gasteiger partial charge in [-0.2, -0.15) is 5.10 Å². The van der Waals surface area contributed by atoms with Gasteiger partial charge in [0.25, 0.3) is 0 Å². The predicted octanol–water partition coefficient (Wildman–Crippen LogP) is 2.70. The van der Waals surface area contributed by atoms with Crippen LogP contribution in [0.1, 0.15) is 18.4 Å². The lowest BCUT2D eigenvalue weighted by atomic mass is 9.78. The lowest BCUT2D eigenvalue weighted by molar-refractivity contribution is -0.130. The van der Waals surface area contributed by atoms with E-state index in [9.17, 15) is 9.18 Å². The maximum Gasteiger partial charge on any atom is 0.233 e. The van der Waals surface area contributed by atoms with Crippen molar-refractivity contribution in [1.82, 2.24) is 15.1 Å². The Kier molecular flexibility index (Phi) is 6.75. The molecule has 0 atom stereocenters. The zero-order valence-electron chi connectivity index (χ0n) is 14.9. The number of aromatic nitrogens is 2. The molecule has 1 amide bonds. The highest BCUT2D eigenvalue weighted by atomic mass is 35.5. The van der Waals surface area contributed by atoms with E-state index in [4.69, 9.17) is 4.74 Å². The van der Waals surface area contributed by atoms with Crippen molar-refractivity contribution in [2.75, 3.05) is 32.1 Å². The third-order valence-corrected chi connectivity index (χ3v) is 4.63. The van der Waals surface area contributed by atoms with Crippen LogP contribution in [0.2, 0.25) is 0 Å². The lowest BCUT2D eigenvalue weighted by Crippen LogP contribution is -2.47. The molecule has 1 saturated heterocycles. The summed E-state index contributed by atoms with van der Waals surface area (Å²) in [4.78, 5) is 12.8. The van der Waals surface area contributed by atoms with Crippen molar-refractivity contribution in [3.05, 3.63) is 42.0 Å². The van der Waals surface area contributed by atoms with Crippen LogP contribution in [0.4, 0.5) is 10.1 Å². The third-order valence-electron chi connectivity index (χ3n) is 4.63. The number of halogens is 2. The van der Waals surface area contributed by atoms with Crippen LogP contribution in [0.3, 0.4) is 0 Å². The lowest BCUT2D eigenvalue weighted by Gasteiger charge is -2.35. The summed E-state index contributed by atoms with van der Waals surface area (Å²) in [6.45, 7) is 3.78. The van der Waals surface area contributed by atoms with Crippen molar-refractivity contribution in [3.8, 4) is 5.69 Å². The molecule has 1 aromatic carbocycles. The molecule has 0 spiro atoms. The average Bonchev–Trinajstić information content (AvgIpc) is 3.02. The molecule has 142 valence electrons. The van der Waals surface area contributed by atoms with Gasteiger partial charge in [-0.3, -0.25) is 4.79 Å². The molecule has 0 unspecified atom stereocenters. The summed E-state index contributed by atoms with van der Waals surface area (Å²) in [5.41, 5.74) is 1.15. The maximum atomic E-state index is 14.4. The fourth-order valence-corrected chi connectivity index (χ4v) is 3.20. The van der Waals surface area contributed by atoms with Crippen LogP contribution in [-0.4, -0.2) is 42.5 Å². The summed E-state index contributed by atoms with van der Waals surface area (Å²) in [6, 6.07) is 4.63. The molecule has 2 aromatic rings. The molecule has 8 heteroatoms. The fourth-order valence-electron chi connectivity index (χ4n) is 3.20. The summed E-state index contributed by atoms with van der Waals surface area (Å²) >= 11 is 0. The van der Waals surface area contributed by atoms with Crippen LogP contribution in [0.5, 0.6) is 0 Å². The van der Waals surface area contributed by atoms with Gasteiger partial charge in [-0.25, -0.2) is 9.07 Å². The molecular formula is C18H24ClFN4O2. The van der Waals surface area contributed by atoms with Gasteiger partial charge in [-0.05, 0) is 56.6 Å². The number of hydrogen-bond donors (Lipinski definition) is 2. The number of carbonyl (C=O) groups excluding carboxylic acids is 1. The number of ether oxygens (including phenoxy) is 1. The number of amides is 1. The first kappa shape index (κ1) is 20.4. The second-order valence-corrected chi connectivity index (χ2v) is 6.55. The molecule has 1 aliphatic rings. The number of methoxy groups -OCH3 is 1. The smallest absolute Gasteiger partial charge is 0.233 e. The summed E-state index contributed by atoms with van der Waals surface area (Å²) < 4.78 is 21.2. The number of carbonyl (C=O) groups is 1. The fraction of sp³-hybridized carbons (Fsp3) is 0.444. The zero-order chi connectivity index (χ0) is 17.9. The van der Waals surface area contributed by atoms with E-state index in [0.717, 1.165) is 18.7 Å². The molecule has 0 saturated carbocycles. The minimum absolute atomic E-state index is 0. The molecule has 0 bridgehead atoms. The Morgan fingerprint density at radius 1 is 1.42 bits per heavy atom. The normalized spacial score (nSPS) is 16.0. The first-order valence-corrected chi connectivity index (χ1v) is 8.36. The number of nitrogens with zero attached hydrogens (tertiary/aromatic N) is 2. The topological polar surface area (TPSA) is 68.2 Å². The summed E-state index contributed by atoms with van der Waals surface area (Å²) in [7, 11) is 1.59. The first-order valence-electron chi connectivity index (χ1n) is 8.36. The Labute approximate surface area is 158 Å². The standard InChI is InChI=1S/C18H23FN4O2.ClH/c1-13-10-21-23(11-13)16-4-3-14(9-15(16)19)22-17(24)18(12-25-2)5-7-20-8-6-18;/h3-4,9-11,20H,5-8,12H2,1-2H3,(H,22,24);1H. The van der Waals surface area contributed by atoms with E-state index in [2.05, 4.69) is 15.7 Å². The van der Waals surface area contributed by atoms with Crippen LogP contribution < -0.4 is 10.6 Å². The summed E-state index contributed by atoms with van der Waals surface area (Å²) in [5, 5.41) is 10.2. The molecule has 26 heavy (non-hydrogen) atoms. The van der Waals surface area contributed by atoms with E-state index in [1.165, 1.54) is 10.7 Å². The summed E-state index contributed by atoms with van der Waals surface area (Å²) in [6.07, 6.45) is 4.81. The van der Waals surface area contributed by atoms with Crippen LogP contribution in [-0.2, 0) is 9.53 Å². The van der Waals surface area contributed by atoms with E-state index in [-0.39, 0.29) is 18.3 Å². The molecule has 6 nitrogen and oxygen atoms in total. The Hall–Kier alpha value is -1.96. The molecule has 1 aromatic heterocycles. The average molecular weight is 383 g/mol. The number of aryl methyl sites for hydroxylation is 1. The number of rotatable bonds is 5. The molecule has 1 fully saturated rings. The van der Waals surface area contributed by atoms with Crippen LogP contribution in [0.25, 0.3) is 5.69 Å². The molecule has 1 aliphatic heterocycles. The zero-order valence-corrected chi connectivity index (χ0v) is 15.7. The van der Waals surface area contributed by atoms with Crippen molar-refractivity contribution in [3.63, 3.8) is 0 Å². The molecule has 0 aliphatic carbocycles. The highest BCUT2D eigenvalue weighted by Gasteiger charge is 2.39. The molecule has 3 rings (SSSR count). The Morgan fingerprint density at radius 3 is 2.73 bits per heavy atom. The molecule has 2 heterocycles. The predicted molar refractivity (Wildman–Crippen MR) is 101 cm³/mol. The number of piperidine rings is 1. The largest absolute Gasteiger partial charge is 0.384 e. The van der Waals surface area contributed by atoms with E-state index < -0.39 is 11.2 Å². The van der Waals surface area contributed by atoms with E-state index in [1.54, 1.807) is 31.6 Å². The minimum atomic E-state index is -0.575. The first-order chi connectivity index (χ1) is 12.0. The van der Waals surface area contributed by atoms with Gasteiger partial charge in [-0.1, -0.05) is 0 Å². The van der Waals surface area contributed by atoms with Crippen LogP contribution in [0.15, 0.2) is 30.6 Å². The van der Waals surface area contributed by atoms with Crippen molar-refractivity contribution in [2.45, 2.75) is 19.8 Å². The maximum absolute atomic E-state index is 14.4. The SMILES string of the molecule is COCC1(C(=O)Nc2ccc(-n3cc(C)cn3)c(F)c2)CCNCC1.Cl. The van der Waals surface area contributed by atoms with E-state index >= 15 is 0 Å². The third kappa shape index (κ3) is 4.23. The van der Waals surface area contributed by atoms with E-state index in [0.29, 0.717) is 30.8 Å². The Bertz CT molecular complexity index is 754. The Morgan fingerprint density at radius 2 is 2.15 bits per heavy atom. The van der Waals surface area contributed by atoms with Crippen molar-refractivity contribution < 1.29 is 13.9 Å². The minimum Gasteiger partial charge on any atom is -0.384 e. The van der Waals surface area contributed by atoms with Crippen molar-refractivity contribution in [1.29, 1.82) is 0 Å². The summed E-state index contributed by atoms with van der Waals surface area (Å²) in [5.74, 6) is -0.565. The number of nitrogens with one attached hydrogen (secondary N) is 2. The van der Waals surface area contributed by atoms with Gasteiger partial charge >= 0.3 is 0 Å². The Balaban J connectivity index is 0.00000243. The van der Waals surface area contributed by atoms with Crippen LogP contribution in [0, 0.1) is 18.2 Å². The van der Waals surface area contributed by atoms with Gasteiger partial charge in [0.15, 0.2) is 5.82 Å². The van der Waals surface area contributed by atoms with E-state index in [1.807, 2.05) is 6.92 Å².